The molecule has 2 N–H and O–H groups in total. The van der Waals surface area contributed by atoms with Gasteiger partial charge in [-0.3, -0.25) is 4.68 Å². The quantitative estimate of drug-likeness (QED) is 0.853. The molecule has 0 atom stereocenters. The predicted molar refractivity (Wildman–Crippen MR) is 71.2 cm³/mol. The molecule has 5 heteroatoms. The molecule has 0 amide bonds. The molecule has 0 radical (unpaired) electrons. The molecule has 1 aliphatic rings. The van der Waals surface area contributed by atoms with Crippen LogP contribution in [0.4, 0.5) is 8.78 Å². The SMILES string of the molecule is Cn1nc(C(C)(C)C)cc1C1(N)CCC(F)(F)CC1. The maximum absolute atomic E-state index is 13.3. The summed E-state index contributed by atoms with van der Waals surface area (Å²) < 4.78 is 28.3. The lowest BCUT2D eigenvalue weighted by molar-refractivity contribution is -0.0523. The van der Waals surface area contributed by atoms with Crippen molar-refractivity contribution in [3.8, 4) is 0 Å². The van der Waals surface area contributed by atoms with Gasteiger partial charge in [-0.1, -0.05) is 20.8 Å². The summed E-state index contributed by atoms with van der Waals surface area (Å²) in [5, 5.41) is 4.49. The Hall–Kier alpha value is -0.970. The van der Waals surface area contributed by atoms with Gasteiger partial charge in [0.25, 0.3) is 0 Å². The van der Waals surface area contributed by atoms with Gasteiger partial charge in [-0.25, -0.2) is 8.78 Å². The van der Waals surface area contributed by atoms with E-state index in [2.05, 4.69) is 25.9 Å². The van der Waals surface area contributed by atoms with E-state index in [0.29, 0.717) is 12.8 Å². The molecular formula is C14H23F2N3. The van der Waals surface area contributed by atoms with Crippen molar-refractivity contribution in [1.29, 1.82) is 0 Å². The van der Waals surface area contributed by atoms with E-state index in [1.54, 1.807) is 4.68 Å². The van der Waals surface area contributed by atoms with E-state index in [1.807, 2.05) is 13.1 Å². The molecule has 1 heterocycles. The molecule has 1 saturated carbocycles. The molecule has 108 valence electrons. The average molecular weight is 271 g/mol. The maximum atomic E-state index is 13.3. The van der Waals surface area contributed by atoms with Crippen LogP contribution in [0.5, 0.6) is 0 Å². The molecule has 1 fully saturated rings. The van der Waals surface area contributed by atoms with Gasteiger partial charge < -0.3 is 5.73 Å². The first kappa shape index (κ1) is 14.4. The Morgan fingerprint density at radius 2 is 1.74 bits per heavy atom. The highest BCUT2D eigenvalue weighted by atomic mass is 19.3. The van der Waals surface area contributed by atoms with Crippen molar-refractivity contribution >= 4 is 0 Å². The molecule has 1 aromatic heterocycles. The van der Waals surface area contributed by atoms with Crippen LogP contribution in [0, 0.1) is 0 Å². The number of halogens is 2. The van der Waals surface area contributed by atoms with Gasteiger partial charge in [-0.15, -0.1) is 0 Å². The van der Waals surface area contributed by atoms with Crippen molar-refractivity contribution in [1.82, 2.24) is 9.78 Å². The number of nitrogens with zero attached hydrogens (tertiary/aromatic N) is 2. The maximum Gasteiger partial charge on any atom is 0.248 e. The topological polar surface area (TPSA) is 43.8 Å². The van der Waals surface area contributed by atoms with Gasteiger partial charge >= 0.3 is 0 Å². The molecular weight excluding hydrogens is 248 g/mol. The van der Waals surface area contributed by atoms with Crippen molar-refractivity contribution in [2.24, 2.45) is 12.8 Å². The van der Waals surface area contributed by atoms with E-state index >= 15 is 0 Å². The van der Waals surface area contributed by atoms with E-state index in [-0.39, 0.29) is 18.3 Å². The second kappa shape index (κ2) is 4.27. The molecule has 19 heavy (non-hydrogen) atoms. The van der Waals surface area contributed by atoms with Gasteiger partial charge in [0.15, 0.2) is 0 Å². The number of hydrogen-bond donors (Lipinski definition) is 1. The van der Waals surface area contributed by atoms with Crippen LogP contribution in [0.25, 0.3) is 0 Å². The zero-order valence-electron chi connectivity index (χ0n) is 12.1. The standard InChI is InChI=1S/C14H23F2N3/c1-12(2,3)10-9-11(19(4)18-10)13(17)5-7-14(15,16)8-6-13/h9H,5-8,17H2,1-4H3. The second-order valence-electron chi connectivity index (χ2n) is 6.80. The van der Waals surface area contributed by atoms with Crippen molar-refractivity contribution in [3.05, 3.63) is 17.5 Å². The summed E-state index contributed by atoms with van der Waals surface area (Å²) in [6.07, 6.45) is 0.339. The minimum absolute atomic E-state index is 0.0645. The normalized spacial score (nSPS) is 22.5. The Labute approximate surface area is 113 Å². The van der Waals surface area contributed by atoms with E-state index in [0.717, 1.165) is 11.4 Å². The van der Waals surface area contributed by atoms with Crippen LogP contribution in [0.2, 0.25) is 0 Å². The first-order chi connectivity index (χ1) is 8.54. The number of aryl methyl sites for hydroxylation is 1. The summed E-state index contributed by atoms with van der Waals surface area (Å²) in [6.45, 7) is 6.24. The van der Waals surface area contributed by atoms with Crippen molar-refractivity contribution in [3.63, 3.8) is 0 Å². The number of alkyl halides is 2. The van der Waals surface area contributed by atoms with E-state index in [4.69, 9.17) is 5.73 Å². The lowest BCUT2D eigenvalue weighted by Crippen LogP contribution is -2.44. The summed E-state index contributed by atoms with van der Waals surface area (Å²) >= 11 is 0. The predicted octanol–water partition coefficient (Wildman–Crippen LogP) is 3.08. The zero-order chi connectivity index (χ0) is 14.5. The van der Waals surface area contributed by atoms with Gasteiger partial charge in [-0.05, 0) is 18.9 Å². The van der Waals surface area contributed by atoms with E-state index in [9.17, 15) is 8.78 Å². The van der Waals surface area contributed by atoms with Gasteiger partial charge in [0.2, 0.25) is 5.92 Å². The Kier molecular flexibility index (Phi) is 3.24. The summed E-state index contributed by atoms with van der Waals surface area (Å²) in [4.78, 5) is 0. The minimum atomic E-state index is -2.56. The third kappa shape index (κ3) is 2.81. The van der Waals surface area contributed by atoms with Gasteiger partial charge in [-0.2, -0.15) is 5.10 Å². The van der Waals surface area contributed by atoms with Crippen LogP contribution < -0.4 is 5.73 Å². The summed E-state index contributed by atoms with van der Waals surface area (Å²) in [6, 6.07) is 1.98. The Bertz CT molecular complexity index is 462. The molecule has 0 bridgehead atoms. The molecule has 3 nitrogen and oxygen atoms in total. The number of hydrogen-bond acceptors (Lipinski definition) is 2. The molecule has 1 aliphatic carbocycles. The van der Waals surface area contributed by atoms with Crippen molar-refractivity contribution in [2.75, 3.05) is 0 Å². The summed E-state index contributed by atoms with van der Waals surface area (Å²) in [5.74, 6) is -2.56. The first-order valence-electron chi connectivity index (χ1n) is 6.75. The third-order valence-electron chi connectivity index (χ3n) is 4.03. The van der Waals surface area contributed by atoms with Gasteiger partial charge in [0, 0.05) is 25.3 Å². The number of rotatable bonds is 1. The summed E-state index contributed by atoms with van der Waals surface area (Å²) in [7, 11) is 1.84. The second-order valence-corrected chi connectivity index (χ2v) is 6.80. The fraction of sp³-hybridized carbons (Fsp3) is 0.786. The lowest BCUT2D eigenvalue weighted by Gasteiger charge is -2.37. The molecule has 0 aliphatic heterocycles. The smallest absolute Gasteiger partial charge is 0.248 e. The highest BCUT2D eigenvalue weighted by Crippen LogP contribution is 2.42. The highest BCUT2D eigenvalue weighted by molar-refractivity contribution is 5.24. The van der Waals surface area contributed by atoms with Crippen molar-refractivity contribution < 1.29 is 8.78 Å². The number of aromatic nitrogens is 2. The van der Waals surface area contributed by atoms with Gasteiger partial charge in [0.05, 0.1) is 16.9 Å². The lowest BCUT2D eigenvalue weighted by atomic mass is 9.78. The monoisotopic (exact) mass is 271 g/mol. The molecule has 0 aromatic carbocycles. The summed E-state index contributed by atoms with van der Waals surface area (Å²) in [5.41, 5.74) is 7.45. The van der Waals surface area contributed by atoms with E-state index < -0.39 is 11.5 Å². The van der Waals surface area contributed by atoms with Crippen LogP contribution in [0.15, 0.2) is 6.07 Å². The average Bonchev–Trinajstić information content (AvgIpc) is 2.66. The number of nitrogens with two attached hydrogens (primary N) is 1. The van der Waals surface area contributed by atoms with Crippen molar-refractivity contribution in [2.45, 2.75) is 63.3 Å². The molecule has 0 spiro atoms. The van der Waals surface area contributed by atoms with Crippen LogP contribution in [-0.4, -0.2) is 15.7 Å². The third-order valence-corrected chi connectivity index (χ3v) is 4.03. The Morgan fingerprint density at radius 1 is 1.21 bits per heavy atom. The molecule has 0 saturated heterocycles. The Morgan fingerprint density at radius 3 is 2.16 bits per heavy atom. The van der Waals surface area contributed by atoms with Crippen LogP contribution >= 0.6 is 0 Å². The zero-order valence-corrected chi connectivity index (χ0v) is 12.1. The first-order valence-corrected chi connectivity index (χ1v) is 6.75. The fourth-order valence-electron chi connectivity index (χ4n) is 2.62. The molecule has 2 rings (SSSR count). The fourth-order valence-corrected chi connectivity index (χ4v) is 2.62. The Balaban J connectivity index is 2.30. The molecule has 0 unspecified atom stereocenters. The minimum Gasteiger partial charge on any atom is -0.320 e. The van der Waals surface area contributed by atoms with Gasteiger partial charge in [0.1, 0.15) is 0 Å². The molecule has 1 aromatic rings. The highest BCUT2D eigenvalue weighted by Gasteiger charge is 2.43. The van der Waals surface area contributed by atoms with Crippen LogP contribution in [0.1, 0.15) is 57.8 Å². The largest absolute Gasteiger partial charge is 0.320 e. The van der Waals surface area contributed by atoms with Crippen LogP contribution in [-0.2, 0) is 18.0 Å². The van der Waals surface area contributed by atoms with E-state index in [1.165, 1.54) is 0 Å². The van der Waals surface area contributed by atoms with Crippen LogP contribution in [0.3, 0.4) is 0 Å².